The van der Waals surface area contributed by atoms with E-state index < -0.39 is 5.54 Å². The van der Waals surface area contributed by atoms with Crippen molar-refractivity contribution >= 4 is 0 Å². The SMILES string of the molecule is C[C@H](N)C(N)(c1ccc(F)cc1)c1cccnc1. The number of hydrogen-bond acceptors (Lipinski definition) is 3. The molecule has 4 heteroatoms. The maximum Gasteiger partial charge on any atom is 0.123 e. The molecule has 1 aromatic heterocycles. The molecule has 0 fully saturated rings. The molecule has 0 saturated carbocycles. The van der Waals surface area contributed by atoms with Crippen molar-refractivity contribution in [1.82, 2.24) is 4.98 Å². The number of nitrogens with zero attached hydrogens (tertiary/aromatic N) is 1. The highest BCUT2D eigenvalue weighted by atomic mass is 19.1. The van der Waals surface area contributed by atoms with Crippen LogP contribution in [-0.2, 0) is 5.54 Å². The van der Waals surface area contributed by atoms with Crippen molar-refractivity contribution in [3.05, 3.63) is 65.7 Å². The molecule has 0 aliphatic heterocycles. The lowest BCUT2D eigenvalue weighted by molar-refractivity contribution is 0.443. The first-order chi connectivity index (χ1) is 8.55. The fourth-order valence-electron chi connectivity index (χ4n) is 2.03. The van der Waals surface area contributed by atoms with Crippen LogP contribution in [0.2, 0.25) is 0 Å². The molecular weight excluding hydrogens is 229 g/mol. The van der Waals surface area contributed by atoms with E-state index in [0.717, 1.165) is 11.1 Å². The lowest BCUT2D eigenvalue weighted by Gasteiger charge is -2.34. The van der Waals surface area contributed by atoms with E-state index in [9.17, 15) is 4.39 Å². The van der Waals surface area contributed by atoms with Gasteiger partial charge >= 0.3 is 0 Å². The van der Waals surface area contributed by atoms with Crippen molar-refractivity contribution in [2.24, 2.45) is 11.5 Å². The van der Waals surface area contributed by atoms with Crippen molar-refractivity contribution in [3.63, 3.8) is 0 Å². The quantitative estimate of drug-likeness (QED) is 0.866. The first-order valence-electron chi connectivity index (χ1n) is 5.76. The molecule has 0 bridgehead atoms. The van der Waals surface area contributed by atoms with E-state index in [1.807, 2.05) is 19.1 Å². The molecule has 0 amide bonds. The number of hydrogen-bond donors (Lipinski definition) is 2. The fraction of sp³-hybridized carbons (Fsp3) is 0.214. The summed E-state index contributed by atoms with van der Waals surface area (Å²) in [6.07, 6.45) is 3.36. The highest BCUT2D eigenvalue weighted by Crippen LogP contribution is 2.29. The number of halogens is 1. The van der Waals surface area contributed by atoms with E-state index in [1.54, 1.807) is 24.5 Å². The van der Waals surface area contributed by atoms with Crippen LogP contribution in [0.15, 0.2) is 48.8 Å². The number of rotatable bonds is 3. The second-order valence-electron chi connectivity index (χ2n) is 4.41. The summed E-state index contributed by atoms with van der Waals surface area (Å²) >= 11 is 0. The van der Waals surface area contributed by atoms with E-state index in [4.69, 9.17) is 11.5 Å². The van der Waals surface area contributed by atoms with E-state index >= 15 is 0 Å². The van der Waals surface area contributed by atoms with Crippen molar-refractivity contribution in [3.8, 4) is 0 Å². The van der Waals surface area contributed by atoms with Gasteiger partial charge in [-0.25, -0.2) is 4.39 Å². The maximum absolute atomic E-state index is 13.0. The molecule has 18 heavy (non-hydrogen) atoms. The van der Waals surface area contributed by atoms with Crippen molar-refractivity contribution in [2.45, 2.75) is 18.5 Å². The molecule has 0 radical (unpaired) electrons. The maximum atomic E-state index is 13.0. The molecular formula is C14H16FN3. The van der Waals surface area contributed by atoms with Gasteiger partial charge in [0.25, 0.3) is 0 Å². The minimum Gasteiger partial charge on any atom is -0.326 e. The Morgan fingerprint density at radius 3 is 2.33 bits per heavy atom. The fourth-order valence-corrected chi connectivity index (χ4v) is 2.03. The van der Waals surface area contributed by atoms with E-state index in [0.29, 0.717) is 0 Å². The van der Waals surface area contributed by atoms with Gasteiger partial charge < -0.3 is 11.5 Å². The zero-order chi connectivity index (χ0) is 13.2. The molecule has 3 nitrogen and oxygen atoms in total. The third-order valence-electron chi connectivity index (χ3n) is 3.18. The van der Waals surface area contributed by atoms with Gasteiger partial charge in [0.05, 0.1) is 5.54 Å². The average Bonchev–Trinajstić information content (AvgIpc) is 2.39. The topological polar surface area (TPSA) is 64.9 Å². The minimum absolute atomic E-state index is 0.294. The Kier molecular flexibility index (Phi) is 3.41. The van der Waals surface area contributed by atoms with Crippen LogP contribution in [0.5, 0.6) is 0 Å². The molecule has 2 aromatic rings. The van der Waals surface area contributed by atoms with Crippen LogP contribution >= 0.6 is 0 Å². The highest BCUT2D eigenvalue weighted by Gasteiger charge is 2.33. The normalized spacial score (nSPS) is 16.0. The Bertz CT molecular complexity index is 510. The van der Waals surface area contributed by atoms with E-state index in [-0.39, 0.29) is 11.9 Å². The van der Waals surface area contributed by atoms with Gasteiger partial charge in [0.1, 0.15) is 5.82 Å². The van der Waals surface area contributed by atoms with Gasteiger partial charge in [-0.05, 0) is 36.2 Å². The van der Waals surface area contributed by atoms with Crippen LogP contribution in [0.3, 0.4) is 0 Å². The van der Waals surface area contributed by atoms with Gasteiger partial charge in [-0.3, -0.25) is 4.98 Å². The Hall–Kier alpha value is -1.78. The monoisotopic (exact) mass is 245 g/mol. The number of nitrogens with two attached hydrogens (primary N) is 2. The van der Waals surface area contributed by atoms with Crippen molar-refractivity contribution in [2.75, 3.05) is 0 Å². The van der Waals surface area contributed by atoms with Gasteiger partial charge in [-0.1, -0.05) is 18.2 Å². The minimum atomic E-state index is -0.873. The molecule has 1 heterocycles. The molecule has 0 aliphatic rings. The van der Waals surface area contributed by atoms with Crippen LogP contribution in [0.25, 0.3) is 0 Å². The van der Waals surface area contributed by atoms with Crippen molar-refractivity contribution in [1.29, 1.82) is 0 Å². The third-order valence-corrected chi connectivity index (χ3v) is 3.18. The molecule has 94 valence electrons. The first-order valence-corrected chi connectivity index (χ1v) is 5.76. The van der Waals surface area contributed by atoms with Gasteiger partial charge in [0.15, 0.2) is 0 Å². The lowest BCUT2D eigenvalue weighted by Crippen LogP contribution is -2.51. The number of benzene rings is 1. The molecule has 4 N–H and O–H groups in total. The zero-order valence-corrected chi connectivity index (χ0v) is 10.2. The first kappa shape index (κ1) is 12.7. The van der Waals surface area contributed by atoms with Crippen LogP contribution < -0.4 is 11.5 Å². The predicted octanol–water partition coefficient (Wildman–Crippen LogP) is 1.77. The zero-order valence-electron chi connectivity index (χ0n) is 10.2. The second kappa shape index (κ2) is 4.84. The van der Waals surface area contributed by atoms with Crippen molar-refractivity contribution < 1.29 is 4.39 Å². The summed E-state index contributed by atoms with van der Waals surface area (Å²) in [5.41, 5.74) is 13.2. The third kappa shape index (κ3) is 2.12. The van der Waals surface area contributed by atoms with Crippen LogP contribution in [0.1, 0.15) is 18.1 Å². The molecule has 0 aliphatic carbocycles. The molecule has 2 rings (SSSR count). The summed E-state index contributed by atoms with van der Waals surface area (Å²) in [7, 11) is 0. The lowest BCUT2D eigenvalue weighted by atomic mass is 9.79. The molecule has 1 aromatic carbocycles. The summed E-state index contributed by atoms with van der Waals surface area (Å²) < 4.78 is 13.0. The van der Waals surface area contributed by atoms with Gasteiger partial charge in [0.2, 0.25) is 0 Å². The highest BCUT2D eigenvalue weighted by molar-refractivity contribution is 5.38. The molecule has 0 saturated heterocycles. The van der Waals surface area contributed by atoms with Crippen LogP contribution in [0, 0.1) is 5.82 Å². The molecule has 1 unspecified atom stereocenters. The number of aromatic nitrogens is 1. The van der Waals surface area contributed by atoms with E-state index in [1.165, 1.54) is 12.1 Å². The van der Waals surface area contributed by atoms with Crippen LogP contribution in [0.4, 0.5) is 4.39 Å². The summed E-state index contributed by atoms with van der Waals surface area (Å²) in [5.74, 6) is -0.294. The second-order valence-corrected chi connectivity index (χ2v) is 4.41. The Morgan fingerprint density at radius 1 is 1.17 bits per heavy atom. The van der Waals surface area contributed by atoms with Gasteiger partial charge in [0, 0.05) is 18.4 Å². The largest absolute Gasteiger partial charge is 0.326 e. The van der Waals surface area contributed by atoms with Crippen LogP contribution in [-0.4, -0.2) is 11.0 Å². The van der Waals surface area contributed by atoms with E-state index in [2.05, 4.69) is 4.98 Å². The standard InChI is InChI=1S/C14H16FN3/c1-10(16)14(17,12-3-2-8-18-9-12)11-4-6-13(15)7-5-11/h2-10H,16-17H2,1H3/t10-,14?/m0/s1. The summed E-state index contributed by atoms with van der Waals surface area (Å²) in [5, 5.41) is 0. The molecule has 0 spiro atoms. The Balaban J connectivity index is 2.54. The molecule has 2 atom stereocenters. The average molecular weight is 245 g/mol. The summed E-state index contributed by atoms with van der Waals surface area (Å²) in [6.45, 7) is 1.83. The smallest absolute Gasteiger partial charge is 0.123 e. The predicted molar refractivity (Wildman–Crippen MR) is 69.3 cm³/mol. The summed E-state index contributed by atoms with van der Waals surface area (Å²) in [6, 6.07) is 9.44. The summed E-state index contributed by atoms with van der Waals surface area (Å²) in [4.78, 5) is 4.07. The van der Waals surface area contributed by atoms with Gasteiger partial charge in [-0.15, -0.1) is 0 Å². The Morgan fingerprint density at radius 2 is 1.83 bits per heavy atom. The Labute approximate surface area is 106 Å². The van der Waals surface area contributed by atoms with Gasteiger partial charge in [-0.2, -0.15) is 0 Å². The number of pyridine rings is 1.